The first kappa shape index (κ1) is 40.3. The molecule has 0 radical (unpaired) electrons. The smallest absolute Gasteiger partial charge is 0.346 e. The second-order valence-electron chi connectivity index (χ2n) is 14.5. The Hall–Kier alpha value is -5.88. The Bertz CT molecular complexity index is 2490. The van der Waals surface area contributed by atoms with E-state index in [4.69, 9.17) is 9.97 Å². The topological polar surface area (TPSA) is 90.1 Å². The molecule has 4 aromatic carbocycles. The molecule has 0 unspecified atom stereocenters. The molecule has 58 heavy (non-hydrogen) atoms. The van der Waals surface area contributed by atoms with Crippen LogP contribution >= 0.6 is 22.7 Å². The van der Waals surface area contributed by atoms with Crippen molar-refractivity contribution in [1.29, 1.82) is 5.26 Å². The Morgan fingerprint density at radius 2 is 1.19 bits per heavy atom. The molecule has 0 aliphatic rings. The number of carboxylic acids is 1. The second kappa shape index (κ2) is 19.5. The number of benzene rings is 4. The van der Waals surface area contributed by atoms with Crippen LogP contribution in [0.15, 0.2) is 127 Å². The van der Waals surface area contributed by atoms with Crippen molar-refractivity contribution in [3.8, 4) is 37.4 Å². The van der Waals surface area contributed by atoms with Gasteiger partial charge in [0.1, 0.15) is 11.6 Å². The molecule has 3 aromatic heterocycles. The predicted molar refractivity (Wildman–Crippen MR) is 243 cm³/mol. The van der Waals surface area contributed by atoms with Gasteiger partial charge in [-0.15, -0.1) is 22.7 Å². The number of aryl methyl sites for hydroxylation is 2. The summed E-state index contributed by atoms with van der Waals surface area (Å²) in [5.74, 6) is -1.22. The third kappa shape index (κ3) is 9.29. The largest absolute Gasteiger partial charge is 0.477 e. The summed E-state index contributed by atoms with van der Waals surface area (Å²) in [6, 6.07) is 40.5. The Balaban J connectivity index is 1.29. The van der Waals surface area contributed by atoms with Crippen LogP contribution in [0.5, 0.6) is 0 Å². The van der Waals surface area contributed by atoms with Crippen molar-refractivity contribution in [3.63, 3.8) is 0 Å². The van der Waals surface area contributed by atoms with Crippen molar-refractivity contribution in [2.24, 2.45) is 0 Å². The number of carboxylic acid groups (broad SMARTS) is 1. The lowest BCUT2D eigenvalue weighted by Gasteiger charge is -2.25. The predicted octanol–water partition coefficient (Wildman–Crippen LogP) is 14.5. The highest BCUT2D eigenvalue weighted by Crippen LogP contribution is 2.45. The number of unbranched alkanes of at least 4 members (excludes halogenated alkanes) is 6. The molecule has 0 amide bonds. The molecule has 0 atom stereocenters. The number of nitrogens with zero attached hydrogens (tertiary/aromatic N) is 4. The maximum atomic E-state index is 11.7. The highest BCUT2D eigenvalue weighted by Gasteiger charge is 2.21. The summed E-state index contributed by atoms with van der Waals surface area (Å²) in [6.07, 6.45) is 16.0. The van der Waals surface area contributed by atoms with Crippen molar-refractivity contribution in [2.45, 2.75) is 78.1 Å². The molecule has 6 nitrogen and oxygen atoms in total. The number of fused-ring (bicyclic) bond motifs is 1. The third-order valence-corrected chi connectivity index (χ3v) is 12.8. The van der Waals surface area contributed by atoms with Gasteiger partial charge in [0, 0.05) is 60.1 Å². The average Bonchev–Trinajstić information content (AvgIpc) is 3.87. The molecule has 0 aliphatic heterocycles. The molecule has 0 saturated carbocycles. The minimum Gasteiger partial charge on any atom is -0.477 e. The normalized spacial score (nSPS) is 11.5. The zero-order valence-corrected chi connectivity index (χ0v) is 34.8. The minimum atomic E-state index is -1.22. The van der Waals surface area contributed by atoms with Gasteiger partial charge in [-0.05, 0) is 97.0 Å². The van der Waals surface area contributed by atoms with Crippen LogP contribution in [-0.4, -0.2) is 21.0 Å². The van der Waals surface area contributed by atoms with Crippen molar-refractivity contribution in [1.82, 2.24) is 9.97 Å². The summed E-state index contributed by atoms with van der Waals surface area (Å²) in [6.45, 7) is 4.45. The van der Waals surface area contributed by atoms with E-state index in [1.165, 1.54) is 64.0 Å². The van der Waals surface area contributed by atoms with Crippen molar-refractivity contribution >= 4 is 62.8 Å². The van der Waals surface area contributed by atoms with Crippen LogP contribution in [0.4, 0.5) is 17.1 Å². The van der Waals surface area contributed by atoms with E-state index in [2.05, 4.69) is 110 Å². The summed E-state index contributed by atoms with van der Waals surface area (Å²) in [7, 11) is 0. The van der Waals surface area contributed by atoms with Gasteiger partial charge >= 0.3 is 5.97 Å². The van der Waals surface area contributed by atoms with E-state index < -0.39 is 5.97 Å². The summed E-state index contributed by atoms with van der Waals surface area (Å²) < 4.78 is 0. The summed E-state index contributed by atoms with van der Waals surface area (Å²) in [5, 5.41) is 19.1. The highest BCUT2D eigenvalue weighted by atomic mass is 32.1. The van der Waals surface area contributed by atoms with Crippen molar-refractivity contribution in [2.75, 3.05) is 4.90 Å². The van der Waals surface area contributed by atoms with Gasteiger partial charge in [0.15, 0.2) is 0 Å². The zero-order valence-electron chi connectivity index (χ0n) is 33.2. The molecule has 0 aliphatic carbocycles. The van der Waals surface area contributed by atoms with Gasteiger partial charge in [0.05, 0.1) is 11.0 Å². The Morgan fingerprint density at radius 3 is 1.71 bits per heavy atom. The van der Waals surface area contributed by atoms with Crippen LogP contribution in [0.1, 0.15) is 81.2 Å². The fraction of sp³-hybridized carbons (Fsp3) is 0.240. The van der Waals surface area contributed by atoms with Crippen LogP contribution in [0, 0.1) is 11.3 Å². The van der Waals surface area contributed by atoms with Crippen molar-refractivity contribution in [3.05, 3.63) is 143 Å². The minimum absolute atomic E-state index is 0.273. The number of rotatable bonds is 18. The molecule has 0 fully saturated rings. The molecule has 3 heterocycles. The fourth-order valence-electron chi connectivity index (χ4n) is 7.49. The number of para-hydroxylation sites is 2. The molecule has 0 bridgehead atoms. The summed E-state index contributed by atoms with van der Waals surface area (Å²) in [4.78, 5) is 28.2. The number of hydrogen-bond acceptors (Lipinski definition) is 7. The second-order valence-corrected chi connectivity index (χ2v) is 16.7. The van der Waals surface area contributed by atoms with E-state index in [0.29, 0.717) is 0 Å². The average molecular weight is 801 g/mol. The van der Waals surface area contributed by atoms with Crippen LogP contribution < -0.4 is 4.90 Å². The van der Waals surface area contributed by atoms with Gasteiger partial charge in [0.2, 0.25) is 0 Å². The van der Waals surface area contributed by atoms with Gasteiger partial charge in [-0.25, -0.2) is 4.79 Å². The van der Waals surface area contributed by atoms with E-state index in [1.54, 1.807) is 12.4 Å². The summed E-state index contributed by atoms with van der Waals surface area (Å²) in [5.41, 5.74) is 10.4. The Morgan fingerprint density at radius 1 is 0.672 bits per heavy atom. The number of aromatic nitrogens is 2. The molecular formula is C50H48N4O2S2. The number of nitriles is 1. The Labute approximate surface area is 349 Å². The maximum Gasteiger partial charge on any atom is 0.346 e. The first-order valence-electron chi connectivity index (χ1n) is 20.3. The first-order valence-corrected chi connectivity index (χ1v) is 22.0. The number of anilines is 3. The standard InChI is InChI=1S/C50H48N4O2S2/c1-3-5-7-11-17-36-31-42(32-38(34-51)50(55)56)57-48(36)43-27-28-44(47-46(43)52-29-30-53-47)49-37(18-12-8-6-4-2)33-45(58-49)35-23-25-41(26-24-35)54(39-19-13-9-14-20-39)40-21-15-10-16-22-40/h9-10,13-16,19-33H,3-8,11-12,17-18H2,1-2H3,(H,55,56)/b38-32-. The van der Waals surface area contributed by atoms with Gasteiger partial charge in [0.25, 0.3) is 0 Å². The first-order chi connectivity index (χ1) is 28.5. The number of thiophene rings is 2. The lowest BCUT2D eigenvalue weighted by Crippen LogP contribution is -2.09. The summed E-state index contributed by atoms with van der Waals surface area (Å²) >= 11 is 3.33. The Kier molecular flexibility index (Phi) is 13.6. The van der Waals surface area contributed by atoms with E-state index in [0.717, 1.165) is 93.1 Å². The van der Waals surface area contributed by atoms with E-state index >= 15 is 0 Å². The van der Waals surface area contributed by atoms with Crippen LogP contribution in [0.25, 0.3) is 48.4 Å². The molecule has 7 aromatic rings. The molecule has 1 N–H and O–H groups in total. The molecule has 292 valence electrons. The monoisotopic (exact) mass is 800 g/mol. The highest BCUT2D eigenvalue weighted by molar-refractivity contribution is 7.19. The maximum absolute atomic E-state index is 11.7. The van der Waals surface area contributed by atoms with Gasteiger partial charge in [-0.1, -0.05) is 113 Å². The van der Waals surface area contributed by atoms with Crippen LogP contribution in [0.3, 0.4) is 0 Å². The number of carbonyl (C=O) groups is 1. The lowest BCUT2D eigenvalue weighted by molar-refractivity contribution is -0.132. The lowest BCUT2D eigenvalue weighted by atomic mass is 9.98. The molecular weight excluding hydrogens is 753 g/mol. The molecule has 7 rings (SSSR count). The van der Waals surface area contributed by atoms with E-state index in [9.17, 15) is 15.2 Å². The van der Waals surface area contributed by atoms with Crippen molar-refractivity contribution < 1.29 is 9.90 Å². The molecule has 0 spiro atoms. The fourth-order valence-corrected chi connectivity index (χ4v) is 9.91. The van der Waals surface area contributed by atoms with E-state index in [1.807, 2.05) is 35.6 Å². The van der Waals surface area contributed by atoms with Crippen LogP contribution in [-0.2, 0) is 17.6 Å². The van der Waals surface area contributed by atoms with Gasteiger partial charge in [-0.3, -0.25) is 9.97 Å². The third-order valence-electron chi connectivity index (χ3n) is 10.4. The van der Waals surface area contributed by atoms with E-state index in [-0.39, 0.29) is 5.57 Å². The van der Waals surface area contributed by atoms with Gasteiger partial charge in [-0.2, -0.15) is 5.26 Å². The van der Waals surface area contributed by atoms with Gasteiger partial charge < -0.3 is 10.0 Å². The zero-order chi connectivity index (χ0) is 40.3. The number of aliphatic carboxylic acids is 1. The number of hydrogen-bond donors (Lipinski definition) is 1. The quantitative estimate of drug-likeness (QED) is 0.0528. The van der Waals surface area contributed by atoms with Crippen LogP contribution in [0.2, 0.25) is 0 Å². The molecule has 8 heteroatoms. The SMILES string of the molecule is CCCCCCc1cc(/C=C(/C#N)C(=O)O)sc1-c1ccc(-c2sc(-c3ccc(N(c4ccccc4)c4ccccc4)cc3)cc2CCCCCC)c2nccnc12. The molecule has 0 saturated heterocycles.